The molecular weight excluding hydrogens is 575 g/mol. The molecule has 1 fully saturated rings. The van der Waals surface area contributed by atoms with Gasteiger partial charge in [-0.25, -0.2) is 0 Å². The van der Waals surface area contributed by atoms with E-state index >= 15 is 0 Å². The summed E-state index contributed by atoms with van der Waals surface area (Å²) in [4.78, 5) is 50.5. The number of amides is 1. The zero-order chi connectivity index (χ0) is 30.2. The number of Topliss-reactive ketones (excluding diaryl/α,β-unsaturated/α-hetero) is 1. The van der Waals surface area contributed by atoms with Crippen LogP contribution in [0.4, 0.5) is 13.2 Å². The highest BCUT2D eigenvalue weighted by Crippen LogP contribution is 2.52. The molecule has 0 unspecified atom stereocenters. The van der Waals surface area contributed by atoms with E-state index in [1.165, 1.54) is 18.4 Å². The van der Waals surface area contributed by atoms with Crippen LogP contribution in [0.2, 0.25) is 0 Å². The highest BCUT2D eigenvalue weighted by atomic mass is 32.1. The van der Waals surface area contributed by atoms with Crippen molar-refractivity contribution in [3.8, 4) is 11.5 Å². The Balaban J connectivity index is 1.56. The molecule has 0 radical (unpaired) electrons. The fraction of sp³-hybridized carbons (Fsp3) is 0.462. The number of aliphatic hydroxyl groups is 2. The van der Waals surface area contributed by atoms with Crippen LogP contribution in [0.25, 0.3) is 0 Å². The van der Waals surface area contributed by atoms with Crippen molar-refractivity contribution >= 4 is 34.6 Å². The first-order valence-electron chi connectivity index (χ1n) is 12.4. The highest BCUT2D eigenvalue weighted by Gasteiger charge is 2.50. The SMILES string of the molecule is CC(=O)[C@]1(O)Cc2c(O)c3c(c(O)c2[C@@H](O[C@H]2C[C@H](NC(=O)C(F)(F)F)[C@H](O)[C@H](C)O2)C1)C(=O)c1ccsc1C3=O. The number of nitrogens with one attached hydrogen (secondary N) is 1. The predicted molar refractivity (Wildman–Crippen MR) is 132 cm³/mol. The fourth-order valence-corrected chi connectivity index (χ4v) is 6.38. The molecular formula is C26H24F3NO10S. The van der Waals surface area contributed by atoms with Crippen molar-refractivity contribution in [3.63, 3.8) is 0 Å². The zero-order valence-electron chi connectivity index (χ0n) is 21.4. The first-order chi connectivity index (χ1) is 19.0. The zero-order valence-corrected chi connectivity index (χ0v) is 22.3. The smallest absolute Gasteiger partial charge is 0.471 e. The molecule has 5 N–H and O–H groups in total. The quantitative estimate of drug-likeness (QED) is 0.278. The standard InChI is InChI=1S/C26H24F3NO10S/c1-8-18(32)12(30-24(37)26(27,28)29)5-14(39-8)40-13-7-25(38,9(2)31)6-11-15(13)21(35)16-17(20(11)34)22(36)23-10(19(16)33)3-4-41-23/h3-4,8,12-14,18,32,34-35,38H,5-7H2,1-2H3,(H,30,37)/t8-,12-,13-,14-,18+,25-/m0/s1. The lowest BCUT2D eigenvalue weighted by Gasteiger charge is -2.42. The number of hydrogen-bond acceptors (Lipinski definition) is 11. The predicted octanol–water partition coefficient (Wildman–Crippen LogP) is 1.80. The van der Waals surface area contributed by atoms with Crippen molar-refractivity contribution in [2.45, 2.75) is 75.5 Å². The molecule has 0 spiro atoms. The lowest BCUT2D eigenvalue weighted by Crippen LogP contribution is -2.57. The number of aromatic hydroxyl groups is 2. The Labute approximate surface area is 233 Å². The Morgan fingerprint density at radius 3 is 2.46 bits per heavy atom. The number of benzene rings is 1. The van der Waals surface area contributed by atoms with E-state index < -0.39 is 108 Å². The summed E-state index contributed by atoms with van der Waals surface area (Å²) in [7, 11) is 0. The van der Waals surface area contributed by atoms with Gasteiger partial charge in [-0.1, -0.05) is 0 Å². The van der Waals surface area contributed by atoms with Crippen LogP contribution in [0.15, 0.2) is 11.4 Å². The summed E-state index contributed by atoms with van der Waals surface area (Å²) in [6, 6.07) is -0.0890. The van der Waals surface area contributed by atoms with Crippen LogP contribution in [-0.4, -0.2) is 80.0 Å². The molecule has 1 aromatic heterocycles. The van der Waals surface area contributed by atoms with Gasteiger partial charge < -0.3 is 35.2 Å². The van der Waals surface area contributed by atoms with Crippen molar-refractivity contribution in [3.05, 3.63) is 44.1 Å². The molecule has 0 bridgehead atoms. The second-order valence-electron chi connectivity index (χ2n) is 10.3. The number of ketones is 3. The summed E-state index contributed by atoms with van der Waals surface area (Å²) in [6.07, 6.45) is -12.4. The summed E-state index contributed by atoms with van der Waals surface area (Å²) in [6.45, 7) is 2.39. The summed E-state index contributed by atoms with van der Waals surface area (Å²) in [5.41, 5.74) is -3.60. The number of thiophene rings is 1. The molecule has 11 nitrogen and oxygen atoms in total. The largest absolute Gasteiger partial charge is 0.507 e. The van der Waals surface area contributed by atoms with E-state index in [1.54, 1.807) is 5.32 Å². The number of alkyl halides is 3. The minimum atomic E-state index is -5.23. The molecule has 1 aromatic carbocycles. The molecule has 2 aliphatic carbocycles. The Kier molecular flexibility index (Phi) is 7.02. The number of phenols is 2. The maximum Gasteiger partial charge on any atom is 0.471 e. The average Bonchev–Trinajstić information content (AvgIpc) is 3.37. The van der Waals surface area contributed by atoms with Gasteiger partial charge in [0.15, 0.2) is 17.9 Å². The van der Waals surface area contributed by atoms with Gasteiger partial charge >= 0.3 is 12.1 Å². The third-order valence-electron chi connectivity index (χ3n) is 7.73. The van der Waals surface area contributed by atoms with E-state index in [9.17, 15) is 52.8 Å². The van der Waals surface area contributed by atoms with Crippen molar-refractivity contribution < 1.29 is 62.2 Å². The fourth-order valence-electron chi connectivity index (χ4n) is 5.55. The number of phenolic OH excluding ortho intramolecular Hbond substituents is 2. The van der Waals surface area contributed by atoms with Gasteiger partial charge in [0.2, 0.25) is 5.78 Å². The summed E-state index contributed by atoms with van der Waals surface area (Å²) < 4.78 is 50.1. The van der Waals surface area contributed by atoms with E-state index in [4.69, 9.17) is 9.47 Å². The van der Waals surface area contributed by atoms with Crippen LogP contribution in [0.5, 0.6) is 11.5 Å². The van der Waals surface area contributed by atoms with Gasteiger partial charge in [0.25, 0.3) is 0 Å². The first kappa shape index (κ1) is 29.1. The summed E-state index contributed by atoms with van der Waals surface area (Å²) >= 11 is 0.959. The molecule has 1 amide bonds. The minimum Gasteiger partial charge on any atom is -0.507 e. The molecule has 15 heteroatoms. The normalized spacial score (nSPS) is 29.4. The number of hydrogen-bond donors (Lipinski definition) is 5. The van der Waals surface area contributed by atoms with Crippen LogP contribution in [-0.2, 0) is 25.5 Å². The van der Waals surface area contributed by atoms with E-state index in [2.05, 4.69) is 0 Å². The Morgan fingerprint density at radius 2 is 1.83 bits per heavy atom. The van der Waals surface area contributed by atoms with Crippen molar-refractivity contribution in [1.29, 1.82) is 0 Å². The van der Waals surface area contributed by atoms with Crippen molar-refractivity contribution in [1.82, 2.24) is 5.32 Å². The van der Waals surface area contributed by atoms with Crippen LogP contribution in [0.3, 0.4) is 0 Å². The third kappa shape index (κ3) is 4.70. The van der Waals surface area contributed by atoms with Crippen LogP contribution < -0.4 is 5.32 Å². The molecule has 0 saturated carbocycles. The minimum absolute atomic E-state index is 0.0114. The number of rotatable bonds is 4. The summed E-state index contributed by atoms with van der Waals surface area (Å²) in [5, 5.41) is 47.2. The van der Waals surface area contributed by atoms with Crippen molar-refractivity contribution in [2.75, 3.05) is 0 Å². The molecule has 220 valence electrons. The maximum atomic E-state index is 13.3. The van der Waals surface area contributed by atoms with E-state index in [1.807, 2.05) is 0 Å². The first-order valence-corrected chi connectivity index (χ1v) is 13.3. The lowest BCUT2D eigenvalue weighted by atomic mass is 9.73. The van der Waals surface area contributed by atoms with Gasteiger partial charge in [-0.15, -0.1) is 11.3 Å². The molecule has 3 aliphatic rings. The molecule has 2 aromatic rings. The van der Waals surface area contributed by atoms with Crippen LogP contribution in [0, 0.1) is 0 Å². The maximum absolute atomic E-state index is 13.3. The van der Waals surface area contributed by atoms with E-state index in [-0.39, 0.29) is 21.6 Å². The summed E-state index contributed by atoms with van der Waals surface area (Å²) in [5.74, 6) is -6.01. The highest BCUT2D eigenvalue weighted by molar-refractivity contribution is 7.12. The lowest BCUT2D eigenvalue weighted by molar-refractivity contribution is -0.250. The number of aliphatic hydroxyl groups excluding tert-OH is 1. The topological polar surface area (TPSA) is 180 Å². The number of halogens is 3. The van der Waals surface area contributed by atoms with E-state index in [0.717, 1.165) is 18.3 Å². The van der Waals surface area contributed by atoms with E-state index in [0.29, 0.717) is 0 Å². The van der Waals surface area contributed by atoms with Gasteiger partial charge in [0, 0.05) is 36.0 Å². The second-order valence-corrected chi connectivity index (χ2v) is 11.2. The van der Waals surface area contributed by atoms with Gasteiger partial charge in [-0.3, -0.25) is 19.2 Å². The Bertz CT molecular complexity index is 1490. The average molecular weight is 600 g/mol. The molecule has 41 heavy (non-hydrogen) atoms. The number of ether oxygens (including phenoxy) is 2. The number of carbonyl (C=O) groups is 4. The van der Waals surface area contributed by atoms with Gasteiger partial charge in [0.1, 0.15) is 23.2 Å². The van der Waals surface area contributed by atoms with Gasteiger partial charge in [-0.2, -0.15) is 13.2 Å². The molecule has 6 atom stereocenters. The Morgan fingerprint density at radius 1 is 1.17 bits per heavy atom. The number of fused-ring (bicyclic) bond motifs is 3. The van der Waals surface area contributed by atoms with Gasteiger partial charge in [0.05, 0.1) is 34.3 Å². The molecule has 1 saturated heterocycles. The molecule has 1 aliphatic heterocycles. The van der Waals surface area contributed by atoms with Crippen LogP contribution >= 0.6 is 11.3 Å². The monoisotopic (exact) mass is 599 g/mol. The van der Waals surface area contributed by atoms with Crippen molar-refractivity contribution in [2.24, 2.45) is 0 Å². The third-order valence-corrected chi connectivity index (χ3v) is 8.64. The number of carbonyl (C=O) groups excluding carboxylic acids is 4. The second kappa shape index (κ2) is 9.87. The molecule has 5 rings (SSSR count). The molecule has 2 heterocycles. The van der Waals surface area contributed by atoms with Crippen LogP contribution in [0.1, 0.15) is 75.1 Å². The Hall–Kier alpha value is -3.37. The van der Waals surface area contributed by atoms with Gasteiger partial charge in [-0.05, 0) is 25.3 Å².